The highest BCUT2D eigenvalue weighted by atomic mass is 16.5. The van der Waals surface area contributed by atoms with Crippen LogP contribution >= 0.6 is 0 Å². The first-order valence-corrected chi connectivity index (χ1v) is 6.54. The summed E-state index contributed by atoms with van der Waals surface area (Å²) in [7, 11) is 0. The van der Waals surface area contributed by atoms with E-state index in [0.717, 1.165) is 5.56 Å². The Kier molecular flexibility index (Phi) is 5.70. The van der Waals surface area contributed by atoms with Gasteiger partial charge in [0.25, 0.3) is 0 Å². The molecule has 0 heterocycles. The quantitative estimate of drug-likeness (QED) is 0.608. The van der Waals surface area contributed by atoms with Gasteiger partial charge in [0.05, 0.1) is 0 Å². The average molecular weight is 277 g/mol. The van der Waals surface area contributed by atoms with Crippen LogP contribution in [-0.2, 0) is 0 Å². The number of carbonyl (C=O) groups is 1. The van der Waals surface area contributed by atoms with Crippen LogP contribution in [0.3, 0.4) is 0 Å². The zero-order valence-corrected chi connectivity index (χ0v) is 11.4. The fourth-order valence-electron chi connectivity index (χ4n) is 1.56. The van der Waals surface area contributed by atoms with Gasteiger partial charge >= 0.3 is 6.09 Å². The first kappa shape index (κ1) is 14.5. The fraction of sp³-hybridized carbons (Fsp3) is 0. The van der Waals surface area contributed by atoms with Crippen LogP contribution in [0.15, 0.2) is 83.9 Å². The molecule has 2 aromatic carbocycles. The smallest absolute Gasteiger partial charge is 0.409 e. The molecule has 3 heteroatoms. The molecule has 104 valence electrons. The SMILES string of the molecule is O=C(/N=C/C=C\C=C/c1ccccc1)Oc1ccccc1. The van der Waals surface area contributed by atoms with Gasteiger partial charge in [0, 0.05) is 6.21 Å². The number of nitrogens with zero attached hydrogens (tertiary/aromatic N) is 1. The van der Waals surface area contributed by atoms with Crippen molar-refractivity contribution in [1.29, 1.82) is 0 Å². The molecule has 0 atom stereocenters. The minimum Gasteiger partial charge on any atom is -0.409 e. The summed E-state index contributed by atoms with van der Waals surface area (Å²) >= 11 is 0. The number of ether oxygens (including phenoxy) is 1. The number of rotatable bonds is 4. The van der Waals surface area contributed by atoms with Crippen molar-refractivity contribution in [2.75, 3.05) is 0 Å². The Labute approximate surface area is 123 Å². The molecule has 0 saturated heterocycles. The molecule has 0 radical (unpaired) electrons. The van der Waals surface area contributed by atoms with Gasteiger partial charge in [-0.3, -0.25) is 0 Å². The van der Waals surface area contributed by atoms with Gasteiger partial charge in [-0.2, -0.15) is 4.99 Å². The maximum Gasteiger partial charge on any atom is 0.439 e. The van der Waals surface area contributed by atoms with Crippen LogP contribution in [0.5, 0.6) is 5.75 Å². The largest absolute Gasteiger partial charge is 0.439 e. The lowest BCUT2D eigenvalue weighted by atomic mass is 10.2. The molecule has 0 saturated carbocycles. The number of hydrogen-bond donors (Lipinski definition) is 0. The molecule has 0 spiro atoms. The van der Waals surface area contributed by atoms with E-state index in [1.165, 1.54) is 6.21 Å². The van der Waals surface area contributed by atoms with Gasteiger partial charge < -0.3 is 4.74 Å². The maximum absolute atomic E-state index is 11.4. The first-order chi connectivity index (χ1) is 10.3. The zero-order valence-electron chi connectivity index (χ0n) is 11.4. The van der Waals surface area contributed by atoms with Gasteiger partial charge in [-0.25, -0.2) is 4.79 Å². The minimum absolute atomic E-state index is 0.479. The average Bonchev–Trinajstić information content (AvgIpc) is 2.53. The number of aliphatic imine (C=N–C) groups is 1. The molecule has 0 aromatic heterocycles. The van der Waals surface area contributed by atoms with Gasteiger partial charge in [0.15, 0.2) is 0 Å². The van der Waals surface area contributed by atoms with Crippen LogP contribution in [0, 0.1) is 0 Å². The van der Waals surface area contributed by atoms with Crippen molar-refractivity contribution in [3.63, 3.8) is 0 Å². The van der Waals surface area contributed by atoms with E-state index in [1.807, 2.05) is 48.6 Å². The molecule has 0 aliphatic heterocycles. The lowest BCUT2D eigenvalue weighted by Gasteiger charge is -1.97. The van der Waals surface area contributed by atoms with E-state index in [1.54, 1.807) is 36.4 Å². The van der Waals surface area contributed by atoms with Crippen LogP contribution in [0.25, 0.3) is 6.08 Å². The van der Waals surface area contributed by atoms with Crippen LogP contribution < -0.4 is 4.74 Å². The molecule has 2 aromatic rings. The maximum atomic E-state index is 11.4. The Morgan fingerprint density at radius 1 is 0.857 bits per heavy atom. The summed E-state index contributed by atoms with van der Waals surface area (Å²) in [5, 5.41) is 0. The van der Waals surface area contributed by atoms with Crippen molar-refractivity contribution >= 4 is 18.4 Å². The summed E-state index contributed by atoms with van der Waals surface area (Å²) in [6.45, 7) is 0. The molecule has 0 aliphatic carbocycles. The molecule has 0 aliphatic rings. The summed E-state index contributed by atoms with van der Waals surface area (Å²) in [5.74, 6) is 0.479. The summed E-state index contributed by atoms with van der Waals surface area (Å²) in [6.07, 6.45) is 8.08. The second-order valence-corrected chi connectivity index (χ2v) is 4.11. The third kappa shape index (κ3) is 5.70. The van der Waals surface area contributed by atoms with E-state index in [0.29, 0.717) is 5.75 Å². The Morgan fingerprint density at radius 2 is 1.52 bits per heavy atom. The molecule has 0 fully saturated rings. The molecule has 0 unspecified atom stereocenters. The fourth-order valence-corrected chi connectivity index (χ4v) is 1.56. The van der Waals surface area contributed by atoms with E-state index in [9.17, 15) is 4.79 Å². The predicted molar refractivity (Wildman–Crippen MR) is 85.6 cm³/mol. The normalized spacial score (nSPS) is 11.4. The highest BCUT2D eigenvalue weighted by molar-refractivity contribution is 5.85. The number of amides is 1. The second-order valence-electron chi connectivity index (χ2n) is 4.11. The zero-order chi connectivity index (χ0) is 14.8. The van der Waals surface area contributed by atoms with Crippen LogP contribution in [0.4, 0.5) is 4.79 Å². The van der Waals surface area contributed by atoms with Gasteiger partial charge in [-0.05, 0) is 23.8 Å². The van der Waals surface area contributed by atoms with Crippen molar-refractivity contribution in [3.8, 4) is 5.75 Å². The molecule has 0 bridgehead atoms. The van der Waals surface area contributed by atoms with Crippen molar-refractivity contribution in [3.05, 3.63) is 84.5 Å². The summed E-state index contributed by atoms with van der Waals surface area (Å²) in [5.41, 5.74) is 1.11. The molecule has 21 heavy (non-hydrogen) atoms. The predicted octanol–water partition coefficient (Wildman–Crippen LogP) is 4.53. The third-order valence-corrected chi connectivity index (χ3v) is 2.52. The lowest BCUT2D eigenvalue weighted by Crippen LogP contribution is -2.01. The molecule has 1 amide bonds. The Morgan fingerprint density at radius 3 is 2.24 bits per heavy atom. The Bertz CT molecular complexity index is 643. The van der Waals surface area contributed by atoms with Crippen molar-refractivity contribution in [2.24, 2.45) is 4.99 Å². The Balaban J connectivity index is 1.78. The topological polar surface area (TPSA) is 38.7 Å². The summed E-state index contributed by atoms with van der Waals surface area (Å²) < 4.78 is 5.00. The van der Waals surface area contributed by atoms with Crippen molar-refractivity contribution < 1.29 is 9.53 Å². The highest BCUT2D eigenvalue weighted by Gasteiger charge is 1.98. The summed E-state index contributed by atoms with van der Waals surface area (Å²) in [4.78, 5) is 15.1. The van der Waals surface area contributed by atoms with Gasteiger partial charge in [0.2, 0.25) is 0 Å². The molecule has 0 N–H and O–H groups in total. The number of benzene rings is 2. The third-order valence-electron chi connectivity index (χ3n) is 2.52. The monoisotopic (exact) mass is 277 g/mol. The molecular weight excluding hydrogens is 262 g/mol. The van der Waals surface area contributed by atoms with Crippen LogP contribution in [0.1, 0.15) is 5.56 Å². The standard InChI is InChI=1S/C18H15NO2/c20-18(21-17-13-7-2-8-14-17)19-15-9-3-6-12-16-10-4-1-5-11-16/h1-15H/b9-3-,12-6-,19-15+. The van der Waals surface area contributed by atoms with Gasteiger partial charge in [0.1, 0.15) is 5.75 Å². The highest BCUT2D eigenvalue weighted by Crippen LogP contribution is 2.08. The molecule has 3 nitrogen and oxygen atoms in total. The van der Waals surface area contributed by atoms with Crippen LogP contribution in [0.2, 0.25) is 0 Å². The van der Waals surface area contributed by atoms with E-state index in [-0.39, 0.29) is 0 Å². The van der Waals surface area contributed by atoms with Crippen molar-refractivity contribution in [1.82, 2.24) is 0 Å². The Hall–Kier alpha value is -2.94. The van der Waals surface area contributed by atoms with Gasteiger partial charge in [-0.15, -0.1) is 0 Å². The van der Waals surface area contributed by atoms with E-state index in [2.05, 4.69) is 4.99 Å². The number of carbonyl (C=O) groups excluding carboxylic acids is 1. The van der Waals surface area contributed by atoms with Gasteiger partial charge in [-0.1, -0.05) is 66.8 Å². The lowest BCUT2D eigenvalue weighted by molar-refractivity contribution is 0.211. The molecular formula is C18H15NO2. The number of hydrogen-bond acceptors (Lipinski definition) is 2. The van der Waals surface area contributed by atoms with E-state index in [4.69, 9.17) is 4.74 Å². The minimum atomic E-state index is -0.641. The first-order valence-electron chi connectivity index (χ1n) is 6.54. The van der Waals surface area contributed by atoms with E-state index >= 15 is 0 Å². The second kappa shape index (κ2) is 8.27. The number of allylic oxidation sites excluding steroid dienone is 3. The van der Waals surface area contributed by atoms with Crippen molar-refractivity contribution in [2.45, 2.75) is 0 Å². The summed E-state index contributed by atoms with van der Waals surface area (Å²) in [6, 6.07) is 18.8. The molecule has 2 rings (SSSR count). The number of para-hydroxylation sites is 1. The van der Waals surface area contributed by atoms with Crippen LogP contribution in [-0.4, -0.2) is 12.3 Å². The van der Waals surface area contributed by atoms with E-state index < -0.39 is 6.09 Å².